The average molecular weight is 819 g/mol. The van der Waals surface area contributed by atoms with Crippen molar-refractivity contribution in [1.82, 2.24) is 24.9 Å². The summed E-state index contributed by atoms with van der Waals surface area (Å²) in [6.07, 6.45) is 6.55. The van der Waals surface area contributed by atoms with Gasteiger partial charge in [-0.05, 0) is 86.1 Å². The van der Waals surface area contributed by atoms with Crippen molar-refractivity contribution >= 4 is 34.9 Å². The van der Waals surface area contributed by atoms with E-state index in [4.69, 9.17) is 21.9 Å². The summed E-state index contributed by atoms with van der Waals surface area (Å²) in [5.41, 5.74) is 23.7. The number of para-hydroxylation sites is 1. The molecule has 0 spiro atoms. The van der Waals surface area contributed by atoms with Crippen LogP contribution in [0.5, 0.6) is 11.5 Å². The Hall–Kier alpha value is -6.09. The van der Waals surface area contributed by atoms with Gasteiger partial charge < -0.3 is 52.0 Å². The third-order valence-corrected chi connectivity index (χ3v) is 12.8. The highest BCUT2D eigenvalue weighted by atomic mass is 16.5. The molecule has 3 unspecified atom stereocenters. The van der Waals surface area contributed by atoms with E-state index >= 15 is 0 Å². The number of anilines is 2. The van der Waals surface area contributed by atoms with Crippen LogP contribution in [-0.2, 0) is 9.59 Å². The predicted octanol–water partition coefficient (Wildman–Crippen LogP) is 3.34. The number of piperidine rings is 2. The zero-order valence-electron chi connectivity index (χ0n) is 34.2. The minimum atomic E-state index is -0.401. The number of imide groups is 1. The van der Waals surface area contributed by atoms with E-state index in [-0.39, 0.29) is 41.5 Å². The average Bonchev–Trinajstić information content (AvgIpc) is 3.53. The first-order valence-electron chi connectivity index (χ1n) is 21.3. The van der Waals surface area contributed by atoms with E-state index in [1.807, 2.05) is 34.1 Å². The molecule has 5 fully saturated rings. The number of phenolic OH excluding ortho intramolecular Hbond substituents is 1. The highest BCUT2D eigenvalue weighted by molar-refractivity contribution is 6.01. The van der Waals surface area contributed by atoms with Crippen molar-refractivity contribution in [2.45, 2.75) is 62.6 Å². The Morgan fingerprint density at radius 1 is 0.817 bits per heavy atom. The maximum Gasteiger partial charge on any atom is 0.320 e. The lowest BCUT2D eigenvalue weighted by Gasteiger charge is -2.44. The highest BCUT2D eigenvalue weighted by Gasteiger charge is 2.41. The lowest BCUT2D eigenvalue weighted by Crippen LogP contribution is -2.54. The number of benzene rings is 3. The Morgan fingerprint density at radius 3 is 2.20 bits per heavy atom. The fourth-order valence-corrected chi connectivity index (χ4v) is 9.50. The summed E-state index contributed by atoms with van der Waals surface area (Å²) in [4.78, 5) is 48.2. The fourth-order valence-electron chi connectivity index (χ4n) is 9.50. The molecule has 318 valence electrons. The number of likely N-dealkylation sites (tertiary alicyclic amines) is 2. The minimum absolute atomic E-state index is 0.108. The summed E-state index contributed by atoms with van der Waals surface area (Å²) in [6, 6.07) is 23.8. The normalized spacial score (nSPS) is 22.7. The number of ether oxygens (including phenoxy) is 1. The molecule has 3 atom stereocenters. The lowest BCUT2D eigenvalue weighted by atomic mass is 9.89. The molecule has 15 nitrogen and oxygen atoms in total. The van der Waals surface area contributed by atoms with Crippen molar-refractivity contribution < 1.29 is 24.2 Å². The van der Waals surface area contributed by atoms with Gasteiger partial charge in [-0.2, -0.15) is 0 Å². The molecule has 2 bridgehead atoms. The number of nitrogens with one attached hydrogen (secondary N) is 2. The number of aromatic hydroxyl groups is 1. The number of allylic oxidation sites excluding steroid dienone is 1. The van der Waals surface area contributed by atoms with Crippen LogP contribution in [0.25, 0.3) is 5.70 Å². The number of urea groups is 1. The molecule has 8 rings (SSSR count). The molecule has 4 amide bonds. The Kier molecular flexibility index (Phi) is 12.2. The van der Waals surface area contributed by atoms with E-state index in [0.29, 0.717) is 55.4 Å². The molecule has 0 aromatic heterocycles. The van der Waals surface area contributed by atoms with E-state index in [1.54, 1.807) is 24.3 Å². The maximum absolute atomic E-state index is 13.5. The number of nitrogens with zero attached hydrogens (tertiary/aromatic N) is 5. The van der Waals surface area contributed by atoms with Gasteiger partial charge >= 0.3 is 6.03 Å². The molecule has 0 saturated carbocycles. The molecule has 9 N–H and O–H groups in total. The third kappa shape index (κ3) is 9.20. The number of phenols is 1. The van der Waals surface area contributed by atoms with Crippen LogP contribution in [0.15, 0.2) is 90.4 Å². The summed E-state index contributed by atoms with van der Waals surface area (Å²) in [7, 11) is 0. The molecular formula is C45H58N10O5. The molecule has 3 aromatic carbocycles. The third-order valence-electron chi connectivity index (χ3n) is 12.8. The van der Waals surface area contributed by atoms with Crippen LogP contribution in [0.3, 0.4) is 0 Å². The van der Waals surface area contributed by atoms with E-state index in [0.717, 1.165) is 88.6 Å². The van der Waals surface area contributed by atoms with Crippen LogP contribution in [0, 0.1) is 0 Å². The van der Waals surface area contributed by atoms with Crippen molar-refractivity contribution in [3.05, 3.63) is 102 Å². The molecule has 0 radical (unpaired) electrons. The Labute approximate surface area is 351 Å². The summed E-state index contributed by atoms with van der Waals surface area (Å²) in [6.45, 7) is 7.35. The molecule has 5 aliphatic rings. The van der Waals surface area contributed by atoms with Gasteiger partial charge in [0.1, 0.15) is 30.0 Å². The molecule has 60 heavy (non-hydrogen) atoms. The van der Waals surface area contributed by atoms with Crippen molar-refractivity contribution in [1.29, 1.82) is 0 Å². The van der Waals surface area contributed by atoms with Crippen molar-refractivity contribution in [3.8, 4) is 11.5 Å². The first kappa shape index (κ1) is 40.7. The smallest absolute Gasteiger partial charge is 0.320 e. The second-order valence-corrected chi connectivity index (χ2v) is 16.6. The van der Waals surface area contributed by atoms with Gasteiger partial charge in [0.05, 0.1) is 5.70 Å². The number of carbonyl (C=O) groups excluding carboxylic acids is 3. The van der Waals surface area contributed by atoms with Crippen molar-refractivity contribution in [2.24, 2.45) is 17.2 Å². The van der Waals surface area contributed by atoms with Crippen LogP contribution >= 0.6 is 0 Å². The second-order valence-electron chi connectivity index (χ2n) is 16.6. The molecule has 0 aliphatic carbocycles. The number of amides is 4. The topological polar surface area (TPSA) is 199 Å². The fraction of sp³-hybridized carbons (Fsp3) is 0.444. The number of nitrogens with two attached hydrogens (primary N) is 3. The minimum Gasteiger partial charge on any atom is -0.507 e. The summed E-state index contributed by atoms with van der Waals surface area (Å²) in [5.74, 6) is 1.04. The van der Waals surface area contributed by atoms with Crippen LogP contribution in [0.4, 0.5) is 16.2 Å². The van der Waals surface area contributed by atoms with E-state index in [9.17, 15) is 19.5 Å². The van der Waals surface area contributed by atoms with Crippen molar-refractivity contribution in [2.75, 3.05) is 75.7 Å². The Balaban J connectivity index is 0.762. The van der Waals surface area contributed by atoms with Crippen LogP contribution in [0.1, 0.15) is 55.6 Å². The standard InChI is InChI=1S/C45H58N10O5/c46-38(37-6-1-2-7-41(37)56)27-40(43(47)48)54-28-34-12-13-35(29-54)55(34)33-4-3-5-36(26-33)60-25-24-51-20-22-53(23-21-51)45(59)52-18-16-31(17-19-52)30-8-10-32(11-9-30)49-39-14-15-42(57)50-44(39)58/h1-11,26-27,31,34-35,39,49,56H,12-25,28-29,46-48H2,(H,50,57,58)/b38-27-. The Bertz CT molecular complexity index is 2080. The molecular weight excluding hydrogens is 761 g/mol. The zero-order chi connectivity index (χ0) is 41.8. The SMILES string of the molecule is NC(N)=C(/C=C(\N)c1ccccc1O)N1CC2CCC(C1)N2c1cccc(OCCN2CCN(C(=O)N3CCC(c4ccc(NC5CCC(=O)NC5=O)cc4)CC3)CC2)c1. The number of rotatable bonds is 11. The molecule has 15 heteroatoms. The molecule has 5 saturated heterocycles. The number of piperazine rings is 2. The monoisotopic (exact) mass is 818 g/mol. The summed E-state index contributed by atoms with van der Waals surface area (Å²) < 4.78 is 6.30. The van der Waals surface area contributed by atoms with Gasteiger partial charge in [-0.25, -0.2) is 4.79 Å². The lowest BCUT2D eigenvalue weighted by molar-refractivity contribution is -0.133. The highest BCUT2D eigenvalue weighted by Crippen LogP contribution is 2.38. The number of hydrogen-bond donors (Lipinski definition) is 6. The van der Waals surface area contributed by atoms with Crippen LogP contribution in [-0.4, -0.2) is 126 Å². The van der Waals surface area contributed by atoms with Gasteiger partial charge in [-0.1, -0.05) is 30.3 Å². The predicted molar refractivity (Wildman–Crippen MR) is 232 cm³/mol. The van der Waals surface area contributed by atoms with Crippen molar-refractivity contribution in [3.63, 3.8) is 0 Å². The largest absolute Gasteiger partial charge is 0.507 e. The van der Waals surface area contributed by atoms with E-state index in [2.05, 4.69) is 55.7 Å². The first-order valence-corrected chi connectivity index (χ1v) is 21.3. The van der Waals surface area contributed by atoms with Gasteiger partial charge in [0, 0.05) is 106 Å². The molecule has 5 aliphatic heterocycles. The number of carbonyl (C=O) groups is 3. The number of fused-ring (bicyclic) bond motifs is 2. The van der Waals surface area contributed by atoms with Gasteiger partial charge in [0.15, 0.2) is 0 Å². The maximum atomic E-state index is 13.5. The van der Waals surface area contributed by atoms with Gasteiger partial charge in [0.25, 0.3) is 0 Å². The second kappa shape index (κ2) is 18.0. The van der Waals surface area contributed by atoms with Crippen LogP contribution < -0.4 is 37.5 Å². The number of hydrogen-bond acceptors (Lipinski definition) is 12. The van der Waals surface area contributed by atoms with Gasteiger partial charge in [0.2, 0.25) is 11.8 Å². The quantitative estimate of drug-likeness (QED) is 0.122. The van der Waals surface area contributed by atoms with Gasteiger partial charge in [-0.15, -0.1) is 0 Å². The molecule has 3 aromatic rings. The van der Waals surface area contributed by atoms with Crippen LogP contribution in [0.2, 0.25) is 0 Å². The van der Waals surface area contributed by atoms with E-state index in [1.165, 1.54) is 5.56 Å². The summed E-state index contributed by atoms with van der Waals surface area (Å²) >= 11 is 0. The van der Waals surface area contributed by atoms with Gasteiger partial charge in [-0.3, -0.25) is 19.8 Å². The molecule has 5 heterocycles. The Morgan fingerprint density at radius 2 is 1.52 bits per heavy atom. The summed E-state index contributed by atoms with van der Waals surface area (Å²) in [5, 5.41) is 16.0. The first-order chi connectivity index (χ1) is 29.1. The zero-order valence-corrected chi connectivity index (χ0v) is 34.2. The van der Waals surface area contributed by atoms with E-state index < -0.39 is 6.04 Å².